The Labute approximate surface area is 258 Å². The number of rotatable bonds is 11. The predicted molar refractivity (Wildman–Crippen MR) is 167 cm³/mol. The molecule has 3 aromatic carbocycles. The van der Waals surface area contributed by atoms with E-state index in [-0.39, 0.29) is 17.1 Å². The second kappa shape index (κ2) is 12.8. The number of hydrogen-bond acceptors (Lipinski definition) is 11. The van der Waals surface area contributed by atoms with Gasteiger partial charge in [-0.25, -0.2) is 9.97 Å². The van der Waals surface area contributed by atoms with Crippen LogP contribution in [0.1, 0.15) is 11.1 Å². The summed E-state index contributed by atoms with van der Waals surface area (Å²) in [6.45, 7) is 2.73. The molecule has 0 fully saturated rings. The molecule has 0 saturated heterocycles. The minimum atomic E-state index is -0.325. The fourth-order valence-electron chi connectivity index (χ4n) is 4.83. The van der Waals surface area contributed by atoms with Gasteiger partial charge in [0.25, 0.3) is 0 Å². The van der Waals surface area contributed by atoms with Crippen LogP contribution < -0.4 is 19.5 Å². The fraction of sp³-hybridized carbons (Fsp3) is 0.147. The van der Waals surface area contributed by atoms with Gasteiger partial charge in [0.15, 0.2) is 28.8 Å². The van der Waals surface area contributed by atoms with Gasteiger partial charge in [-0.1, -0.05) is 16.8 Å². The lowest BCUT2D eigenvalue weighted by molar-refractivity contribution is -0.113. The summed E-state index contributed by atoms with van der Waals surface area (Å²) in [6, 6.07) is 16.2. The number of carbonyl (C=O) groups excluding carboxylic acids is 2. The number of aromatic nitrogens is 3. The summed E-state index contributed by atoms with van der Waals surface area (Å²) < 4.78 is 28.3. The Morgan fingerprint density at radius 3 is 2.49 bits per heavy atom. The largest absolute Gasteiger partial charge is 0.493 e. The second-order valence-electron chi connectivity index (χ2n) is 10.1. The van der Waals surface area contributed by atoms with Gasteiger partial charge >= 0.3 is 0 Å². The Balaban J connectivity index is 1.40. The molecule has 11 heteroatoms. The molecule has 0 bridgehead atoms. The first-order valence-electron chi connectivity index (χ1n) is 14.0. The van der Waals surface area contributed by atoms with Gasteiger partial charge in [-0.3, -0.25) is 9.59 Å². The van der Waals surface area contributed by atoms with Gasteiger partial charge in [-0.05, 0) is 61.5 Å². The van der Waals surface area contributed by atoms with Crippen LogP contribution in [-0.4, -0.2) is 54.1 Å². The van der Waals surface area contributed by atoms with E-state index in [0.29, 0.717) is 75.5 Å². The van der Waals surface area contributed by atoms with E-state index in [1.54, 1.807) is 56.8 Å². The molecule has 0 amide bonds. The van der Waals surface area contributed by atoms with Crippen LogP contribution in [0.15, 0.2) is 89.9 Å². The van der Waals surface area contributed by atoms with Crippen LogP contribution in [0.5, 0.6) is 23.0 Å². The average Bonchev–Trinajstić information content (AvgIpc) is 3.59. The lowest BCUT2D eigenvalue weighted by Gasteiger charge is -2.18. The van der Waals surface area contributed by atoms with Crippen molar-refractivity contribution >= 4 is 39.5 Å². The standard InChI is InChI=1S/C34H28N4O7/c1-20-4-8-30(26(14-20)31-10-11-37-45-31)44-29-9-5-21(15-24(29)23-16-22(39)6-7-28(23)40)38-34-25-17-32(42-3)33(43-13-12-41-2)18-27(25)35-19-36-34/h4-11,14-19H,12-13H2,1-3H3,(H,35,36,38). The highest BCUT2D eigenvalue weighted by Gasteiger charge is 2.22. The first-order valence-corrected chi connectivity index (χ1v) is 14.0. The van der Waals surface area contributed by atoms with E-state index in [9.17, 15) is 9.59 Å². The van der Waals surface area contributed by atoms with Crippen LogP contribution in [0.3, 0.4) is 0 Å². The summed E-state index contributed by atoms with van der Waals surface area (Å²) in [6.07, 6.45) is 6.79. The van der Waals surface area contributed by atoms with Crippen LogP contribution in [0.4, 0.5) is 11.5 Å². The minimum absolute atomic E-state index is 0.196. The molecule has 0 aliphatic heterocycles. The Bertz CT molecular complexity index is 1970. The van der Waals surface area contributed by atoms with Crippen molar-refractivity contribution in [2.45, 2.75) is 6.92 Å². The van der Waals surface area contributed by atoms with Crippen molar-refractivity contribution < 1.29 is 33.1 Å². The molecular formula is C34H28N4O7. The van der Waals surface area contributed by atoms with E-state index < -0.39 is 0 Å². The van der Waals surface area contributed by atoms with Crippen molar-refractivity contribution in [2.24, 2.45) is 0 Å². The molecule has 1 aliphatic carbocycles. The third kappa shape index (κ3) is 6.29. The van der Waals surface area contributed by atoms with Gasteiger partial charge in [-0.15, -0.1) is 0 Å². The zero-order valence-corrected chi connectivity index (χ0v) is 24.7. The molecule has 2 aromatic heterocycles. The Morgan fingerprint density at radius 1 is 0.844 bits per heavy atom. The number of allylic oxidation sites excluding steroid dienone is 4. The molecule has 0 atom stereocenters. The van der Waals surface area contributed by atoms with E-state index in [1.165, 1.54) is 24.6 Å². The lowest BCUT2D eigenvalue weighted by atomic mass is 9.95. The highest BCUT2D eigenvalue weighted by Crippen LogP contribution is 2.40. The molecule has 226 valence electrons. The Hall–Kier alpha value is -5.81. The first-order chi connectivity index (χ1) is 21.9. The maximum absolute atomic E-state index is 13.0. The minimum Gasteiger partial charge on any atom is -0.493 e. The van der Waals surface area contributed by atoms with E-state index in [4.69, 9.17) is 23.5 Å². The number of benzene rings is 3. The molecule has 2 heterocycles. The van der Waals surface area contributed by atoms with E-state index >= 15 is 0 Å². The maximum Gasteiger partial charge on any atom is 0.186 e. The topological polar surface area (TPSA) is 135 Å². The molecule has 0 saturated carbocycles. The predicted octanol–water partition coefficient (Wildman–Crippen LogP) is 6.25. The summed E-state index contributed by atoms with van der Waals surface area (Å²) in [5.41, 5.74) is 3.51. The maximum atomic E-state index is 13.0. The molecule has 0 spiro atoms. The number of hydrogen-bond donors (Lipinski definition) is 1. The molecule has 6 rings (SSSR count). The van der Waals surface area contributed by atoms with E-state index in [0.717, 1.165) is 5.56 Å². The second-order valence-corrected chi connectivity index (χ2v) is 10.1. The zero-order valence-electron chi connectivity index (χ0n) is 24.7. The van der Waals surface area contributed by atoms with Crippen LogP contribution in [-0.2, 0) is 14.3 Å². The normalized spacial score (nSPS) is 12.7. The smallest absolute Gasteiger partial charge is 0.186 e. The van der Waals surface area contributed by atoms with Crippen molar-refractivity contribution in [3.8, 4) is 34.3 Å². The fourth-order valence-corrected chi connectivity index (χ4v) is 4.83. The average molecular weight is 605 g/mol. The van der Waals surface area contributed by atoms with Crippen molar-refractivity contribution in [3.05, 3.63) is 96.5 Å². The summed E-state index contributed by atoms with van der Waals surface area (Å²) in [7, 11) is 3.16. The number of anilines is 2. The zero-order chi connectivity index (χ0) is 31.3. The van der Waals surface area contributed by atoms with Gasteiger partial charge in [0, 0.05) is 41.5 Å². The van der Waals surface area contributed by atoms with Crippen molar-refractivity contribution in [1.82, 2.24) is 15.1 Å². The molecule has 45 heavy (non-hydrogen) atoms. The molecule has 0 unspecified atom stereocenters. The van der Waals surface area contributed by atoms with Gasteiger partial charge in [0.05, 0.1) is 31.0 Å². The van der Waals surface area contributed by atoms with Crippen LogP contribution in [0.25, 0.3) is 27.8 Å². The monoisotopic (exact) mass is 604 g/mol. The molecule has 0 radical (unpaired) electrons. The molecular weight excluding hydrogens is 576 g/mol. The number of nitrogens with one attached hydrogen (secondary N) is 1. The number of aryl methyl sites for hydroxylation is 1. The highest BCUT2D eigenvalue weighted by molar-refractivity contribution is 6.34. The van der Waals surface area contributed by atoms with Crippen LogP contribution >= 0.6 is 0 Å². The Kier molecular flexibility index (Phi) is 8.34. The number of carbonyl (C=O) groups is 2. The van der Waals surface area contributed by atoms with Crippen LogP contribution in [0, 0.1) is 6.92 Å². The summed E-state index contributed by atoms with van der Waals surface area (Å²) in [4.78, 5) is 34.3. The van der Waals surface area contributed by atoms with Crippen molar-refractivity contribution in [2.75, 3.05) is 32.8 Å². The number of fused-ring (bicyclic) bond motifs is 1. The number of ether oxygens (including phenoxy) is 4. The quantitative estimate of drug-likeness (QED) is 0.135. The molecule has 1 aliphatic rings. The Morgan fingerprint density at radius 2 is 1.69 bits per heavy atom. The summed E-state index contributed by atoms with van der Waals surface area (Å²) in [5, 5.41) is 7.82. The van der Waals surface area contributed by atoms with E-state index in [2.05, 4.69) is 20.4 Å². The summed E-state index contributed by atoms with van der Waals surface area (Å²) >= 11 is 0. The molecule has 11 nitrogen and oxygen atoms in total. The van der Waals surface area contributed by atoms with Crippen molar-refractivity contribution in [3.63, 3.8) is 0 Å². The van der Waals surface area contributed by atoms with Crippen LogP contribution in [0.2, 0.25) is 0 Å². The number of ketones is 2. The third-order valence-electron chi connectivity index (χ3n) is 7.01. The van der Waals surface area contributed by atoms with Crippen molar-refractivity contribution in [1.29, 1.82) is 0 Å². The van der Waals surface area contributed by atoms with E-state index in [1.807, 2.05) is 25.1 Å². The third-order valence-corrected chi connectivity index (χ3v) is 7.01. The molecule has 5 aromatic rings. The first kappa shape index (κ1) is 29.3. The highest BCUT2D eigenvalue weighted by atomic mass is 16.5. The summed E-state index contributed by atoms with van der Waals surface area (Å²) in [5.74, 6) is 2.27. The number of methoxy groups -OCH3 is 2. The van der Waals surface area contributed by atoms with Gasteiger partial charge in [0.1, 0.15) is 30.3 Å². The molecule has 1 N–H and O–H groups in total. The number of nitrogens with zero attached hydrogens (tertiary/aromatic N) is 3. The van der Waals surface area contributed by atoms with Gasteiger partial charge in [0.2, 0.25) is 0 Å². The lowest BCUT2D eigenvalue weighted by Crippen LogP contribution is -2.08. The SMILES string of the molecule is COCCOc1cc2ncnc(Nc3ccc(Oc4ccc(C)cc4-c4ccno4)c(C4=CC(=O)C=CC4=O)c3)c2cc1OC. The van der Waals surface area contributed by atoms with Gasteiger partial charge in [-0.2, -0.15) is 0 Å². The van der Waals surface area contributed by atoms with Gasteiger partial charge < -0.3 is 28.8 Å².